The highest BCUT2D eigenvalue weighted by molar-refractivity contribution is 7.71. The van der Waals surface area contributed by atoms with E-state index in [4.69, 9.17) is 17.0 Å². The Hall–Kier alpha value is -2.53. The Balaban J connectivity index is 2.03. The van der Waals surface area contributed by atoms with Crippen LogP contribution in [0.3, 0.4) is 0 Å². The summed E-state index contributed by atoms with van der Waals surface area (Å²) in [5, 5.41) is 3.59. The average Bonchev–Trinajstić information content (AvgIpc) is 3.28. The van der Waals surface area contributed by atoms with Crippen LogP contribution in [-0.2, 0) is 24.5 Å². The molecule has 0 spiro atoms. The number of hydrogen-bond acceptors (Lipinski definition) is 5. The van der Waals surface area contributed by atoms with Crippen LogP contribution in [0.1, 0.15) is 18.4 Å². The highest BCUT2D eigenvalue weighted by Crippen LogP contribution is 2.35. The largest absolute Gasteiger partial charge is 0.417 e. The van der Waals surface area contributed by atoms with Crippen molar-refractivity contribution in [3.63, 3.8) is 0 Å². The summed E-state index contributed by atoms with van der Waals surface area (Å²) >= 11 is 5.21. The fraction of sp³-hybridized carbons (Fsp3) is 0.412. The molecule has 1 aliphatic heterocycles. The van der Waals surface area contributed by atoms with Gasteiger partial charge >= 0.3 is 6.18 Å². The van der Waals surface area contributed by atoms with Crippen LogP contribution in [0, 0.1) is 4.77 Å². The van der Waals surface area contributed by atoms with E-state index in [1.165, 1.54) is 9.25 Å². The summed E-state index contributed by atoms with van der Waals surface area (Å²) in [5.41, 5.74) is -1.84. The van der Waals surface area contributed by atoms with Gasteiger partial charge in [-0.05, 0) is 37.2 Å². The number of halogens is 3. The van der Waals surface area contributed by atoms with Crippen LogP contribution in [0.2, 0.25) is 0 Å². The topological polar surface area (TPSA) is 77.7 Å². The van der Waals surface area contributed by atoms with E-state index in [0.717, 1.165) is 18.9 Å². The van der Waals surface area contributed by atoms with Crippen LogP contribution < -0.4 is 5.56 Å². The zero-order valence-corrected chi connectivity index (χ0v) is 15.6. The van der Waals surface area contributed by atoms with Gasteiger partial charge in [0.15, 0.2) is 4.77 Å². The molecule has 0 amide bonds. The Labute approximate surface area is 161 Å². The quantitative estimate of drug-likeness (QED) is 0.671. The van der Waals surface area contributed by atoms with Crippen molar-refractivity contribution >= 4 is 23.3 Å². The Kier molecular flexibility index (Phi) is 4.58. The van der Waals surface area contributed by atoms with Crippen molar-refractivity contribution < 1.29 is 17.9 Å². The summed E-state index contributed by atoms with van der Waals surface area (Å²) in [4.78, 5) is 19.1. The van der Waals surface area contributed by atoms with E-state index < -0.39 is 22.7 Å². The minimum absolute atomic E-state index is 0.00629. The molecule has 3 aromatic rings. The Morgan fingerprint density at radius 1 is 1.39 bits per heavy atom. The van der Waals surface area contributed by atoms with Gasteiger partial charge in [0.1, 0.15) is 11.3 Å². The number of aromatic nitrogens is 5. The highest BCUT2D eigenvalue weighted by atomic mass is 32.1. The minimum Gasteiger partial charge on any atom is -0.376 e. The second-order valence-electron chi connectivity index (χ2n) is 6.63. The predicted octanol–water partition coefficient (Wildman–Crippen LogP) is 3.05. The summed E-state index contributed by atoms with van der Waals surface area (Å²) in [6, 6.07) is 2.40. The van der Waals surface area contributed by atoms with Gasteiger partial charge in [-0.15, -0.1) is 0 Å². The van der Waals surface area contributed by atoms with Gasteiger partial charge < -0.3 is 4.74 Å². The van der Waals surface area contributed by atoms with E-state index >= 15 is 0 Å². The third kappa shape index (κ3) is 3.35. The second-order valence-corrected chi connectivity index (χ2v) is 7.02. The second kappa shape index (κ2) is 6.82. The molecule has 0 unspecified atom stereocenters. The van der Waals surface area contributed by atoms with E-state index in [9.17, 15) is 18.0 Å². The van der Waals surface area contributed by atoms with Crippen LogP contribution in [0.4, 0.5) is 13.2 Å². The lowest BCUT2D eigenvalue weighted by atomic mass is 10.1. The number of aromatic amines is 1. The molecule has 0 aliphatic carbocycles. The smallest absolute Gasteiger partial charge is 0.376 e. The van der Waals surface area contributed by atoms with Crippen LogP contribution in [-0.4, -0.2) is 37.0 Å². The van der Waals surface area contributed by atoms with E-state index in [-0.39, 0.29) is 34.5 Å². The predicted molar refractivity (Wildman–Crippen MR) is 97.4 cm³/mol. The van der Waals surface area contributed by atoms with Gasteiger partial charge in [-0.1, -0.05) is 0 Å². The van der Waals surface area contributed by atoms with Crippen LogP contribution in [0.25, 0.3) is 22.4 Å². The number of aryl methyl sites for hydroxylation is 1. The lowest BCUT2D eigenvalue weighted by Crippen LogP contribution is -2.24. The number of nitrogens with zero attached hydrogens (tertiary/aromatic N) is 4. The monoisotopic (exact) mass is 411 g/mol. The van der Waals surface area contributed by atoms with Crippen molar-refractivity contribution in [3.8, 4) is 11.4 Å². The third-order valence-corrected chi connectivity index (χ3v) is 4.96. The molecule has 1 N–H and O–H groups in total. The number of fused-ring (bicyclic) bond motifs is 1. The van der Waals surface area contributed by atoms with Gasteiger partial charge in [0, 0.05) is 19.9 Å². The molecular weight excluding hydrogens is 395 g/mol. The Morgan fingerprint density at radius 3 is 2.79 bits per heavy atom. The zero-order valence-electron chi connectivity index (χ0n) is 14.8. The van der Waals surface area contributed by atoms with Crippen molar-refractivity contribution in [2.24, 2.45) is 7.05 Å². The fourth-order valence-electron chi connectivity index (χ4n) is 3.34. The minimum atomic E-state index is -4.75. The number of H-pyrrole nitrogens is 1. The summed E-state index contributed by atoms with van der Waals surface area (Å²) in [6.45, 7) is 0.793. The number of alkyl halides is 3. The molecule has 7 nitrogen and oxygen atoms in total. The summed E-state index contributed by atoms with van der Waals surface area (Å²) in [7, 11) is 1.65. The van der Waals surface area contributed by atoms with Gasteiger partial charge in [-0.2, -0.15) is 18.3 Å². The number of hydrogen-bond donors (Lipinski definition) is 1. The van der Waals surface area contributed by atoms with Crippen molar-refractivity contribution in [3.05, 3.63) is 39.0 Å². The molecule has 1 saturated heterocycles. The summed E-state index contributed by atoms with van der Waals surface area (Å²) < 4.78 is 49.8. The van der Waals surface area contributed by atoms with Crippen molar-refractivity contribution in [1.82, 2.24) is 24.3 Å². The van der Waals surface area contributed by atoms with Crippen molar-refractivity contribution in [2.75, 3.05) is 6.61 Å². The normalized spacial score (nSPS) is 17.5. The first-order chi connectivity index (χ1) is 13.2. The van der Waals surface area contributed by atoms with Gasteiger partial charge in [-0.25, -0.2) is 4.98 Å². The van der Waals surface area contributed by atoms with Gasteiger partial charge in [0.05, 0.1) is 29.3 Å². The SMILES string of the molecule is Cn1ccc(-c2cc(C(F)(F)F)c3c(=O)[nH]c(=S)n(C[C@H]4CCCO4)c3n2)n1. The third-order valence-electron chi connectivity index (χ3n) is 4.64. The molecule has 1 fully saturated rings. The van der Waals surface area contributed by atoms with Crippen LogP contribution >= 0.6 is 12.2 Å². The van der Waals surface area contributed by atoms with Crippen LogP contribution in [0.5, 0.6) is 0 Å². The van der Waals surface area contributed by atoms with E-state index in [0.29, 0.717) is 6.61 Å². The molecule has 0 radical (unpaired) electrons. The first kappa shape index (κ1) is 18.8. The molecule has 1 aliphatic rings. The molecule has 0 bridgehead atoms. The zero-order chi connectivity index (χ0) is 20.1. The molecular formula is C17H16F3N5O2S. The highest BCUT2D eigenvalue weighted by Gasteiger charge is 2.36. The lowest BCUT2D eigenvalue weighted by molar-refractivity contribution is -0.136. The summed E-state index contributed by atoms with van der Waals surface area (Å²) in [5.74, 6) is 0. The molecule has 0 saturated carbocycles. The number of ether oxygens (including phenoxy) is 1. The first-order valence-electron chi connectivity index (χ1n) is 8.61. The Bertz CT molecular complexity index is 1160. The Morgan fingerprint density at radius 2 is 2.18 bits per heavy atom. The molecule has 0 aromatic carbocycles. The molecule has 28 heavy (non-hydrogen) atoms. The first-order valence-corrected chi connectivity index (χ1v) is 9.01. The molecule has 11 heteroatoms. The molecule has 1 atom stereocenters. The lowest BCUT2D eigenvalue weighted by Gasteiger charge is -2.17. The van der Waals surface area contributed by atoms with Gasteiger partial charge in [0.25, 0.3) is 5.56 Å². The van der Waals surface area contributed by atoms with Gasteiger partial charge in [0.2, 0.25) is 0 Å². The van der Waals surface area contributed by atoms with Gasteiger partial charge in [-0.3, -0.25) is 19.0 Å². The molecule has 3 aromatic heterocycles. The maximum absolute atomic E-state index is 13.8. The number of rotatable bonds is 3. The molecule has 4 heterocycles. The van der Waals surface area contributed by atoms with E-state index in [1.54, 1.807) is 19.3 Å². The average molecular weight is 411 g/mol. The standard InChI is InChI=1S/C17H16F3N5O2S/c1-24-5-4-11(23-24)12-7-10(17(18,19)20)13-14(21-12)25(16(28)22-15(13)26)8-9-3-2-6-27-9/h4-5,7,9H,2-3,6,8H2,1H3,(H,22,26,28)/t9-/m1/s1. The number of pyridine rings is 1. The van der Waals surface area contributed by atoms with E-state index in [1.807, 2.05) is 0 Å². The molecule has 4 rings (SSSR count). The fourth-order valence-corrected chi connectivity index (χ4v) is 3.60. The van der Waals surface area contributed by atoms with E-state index in [2.05, 4.69) is 15.1 Å². The van der Waals surface area contributed by atoms with Crippen molar-refractivity contribution in [2.45, 2.75) is 31.7 Å². The maximum atomic E-state index is 13.8. The summed E-state index contributed by atoms with van der Waals surface area (Å²) in [6.07, 6.45) is -1.72. The van der Waals surface area contributed by atoms with Crippen molar-refractivity contribution in [1.29, 1.82) is 0 Å². The maximum Gasteiger partial charge on any atom is 0.417 e. The molecule has 148 valence electrons. The number of nitrogens with one attached hydrogen (secondary N) is 1. The van der Waals surface area contributed by atoms with Crippen LogP contribution in [0.15, 0.2) is 23.1 Å².